The van der Waals surface area contributed by atoms with E-state index >= 15 is 0 Å². The van der Waals surface area contributed by atoms with E-state index in [0.29, 0.717) is 34.4 Å². The fourth-order valence-corrected chi connectivity index (χ4v) is 5.49. The van der Waals surface area contributed by atoms with Crippen molar-refractivity contribution in [2.24, 2.45) is 0 Å². The van der Waals surface area contributed by atoms with Gasteiger partial charge in [-0.25, -0.2) is 22.6 Å². The molecule has 0 spiro atoms. The maximum atomic E-state index is 14.4. The summed E-state index contributed by atoms with van der Waals surface area (Å²) in [5.74, 6) is -1.14. The van der Waals surface area contributed by atoms with Gasteiger partial charge in [0.25, 0.3) is 0 Å². The van der Waals surface area contributed by atoms with Crippen LogP contribution in [0.3, 0.4) is 0 Å². The number of benzene rings is 2. The first-order valence-electron chi connectivity index (χ1n) is 10.2. The first kappa shape index (κ1) is 24.7. The molecule has 2 heterocycles. The van der Waals surface area contributed by atoms with Gasteiger partial charge in [0, 0.05) is 37.6 Å². The van der Waals surface area contributed by atoms with Crippen LogP contribution in [0.2, 0.25) is 5.02 Å². The molecule has 4 rings (SSSR count). The van der Waals surface area contributed by atoms with Gasteiger partial charge in [0.15, 0.2) is 11.5 Å². The molecule has 0 saturated carbocycles. The van der Waals surface area contributed by atoms with Crippen LogP contribution in [0.5, 0.6) is 11.5 Å². The summed E-state index contributed by atoms with van der Waals surface area (Å²) in [6.07, 6.45) is 0. The minimum Gasteiger partial charge on any atom is -0.493 e. The highest BCUT2D eigenvalue weighted by Crippen LogP contribution is 2.34. The van der Waals surface area contributed by atoms with Gasteiger partial charge in [0.2, 0.25) is 16.0 Å². The predicted octanol–water partition coefficient (Wildman–Crippen LogP) is 2.23. The zero-order valence-electron chi connectivity index (χ0n) is 18.7. The largest absolute Gasteiger partial charge is 0.493 e. The van der Waals surface area contributed by atoms with Crippen molar-refractivity contribution in [1.29, 1.82) is 0 Å². The number of anilines is 2. The number of nitrogens with two attached hydrogens (primary N) is 1. The van der Waals surface area contributed by atoms with Crippen LogP contribution >= 0.6 is 11.6 Å². The molecule has 186 valence electrons. The molecule has 3 aromatic rings. The van der Waals surface area contributed by atoms with E-state index < -0.39 is 32.3 Å². The van der Waals surface area contributed by atoms with Crippen molar-refractivity contribution in [3.05, 3.63) is 40.7 Å². The average molecular weight is 526 g/mol. The van der Waals surface area contributed by atoms with Crippen molar-refractivity contribution in [2.45, 2.75) is 4.90 Å². The van der Waals surface area contributed by atoms with Gasteiger partial charge in [-0.1, -0.05) is 11.6 Å². The number of aromatic carboxylic acids is 1. The van der Waals surface area contributed by atoms with Gasteiger partial charge in [-0.3, -0.25) is 0 Å². The monoisotopic (exact) mass is 525 g/mol. The molecule has 0 atom stereocenters. The van der Waals surface area contributed by atoms with Crippen LogP contribution in [0.4, 0.5) is 16.2 Å². The van der Waals surface area contributed by atoms with Crippen molar-refractivity contribution < 1.29 is 32.2 Å². The molecule has 0 aliphatic carbocycles. The Balaban J connectivity index is 1.59. The summed E-state index contributed by atoms with van der Waals surface area (Å²) in [5, 5.41) is 9.40. The Kier molecular flexibility index (Phi) is 6.58. The van der Waals surface area contributed by atoms with Gasteiger partial charge in [-0.05, 0) is 18.2 Å². The van der Waals surface area contributed by atoms with Crippen LogP contribution in [-0.2, 0) is 10.0 Å². The van der Waals surface area contributed by atoms with Crippen LogP contribution < -0.4 is 20.1 Å². The highest BCUT2D eigenvalue weighted by Gasteiger charge is 2.33. The Morgan fingerprint density at radius 2 is 1.71 bits per heavy atom. The first-order chi connectivity index (χ1) is 16.6. The minimum atomic E-state index is -4.32. The van der Waals surface area contributed by atoms with Gasteiger partial charge < -0.3 is 25.2 Å². The molecule has 11 nitrogen and oxygen atoms in total. The molecule has 0 amide bonds. The number of rotatable bonds is 6. The lowest BCUT2D eigenvalue weighted by Gasteiger charge is -2.34. The highest BCUT2D eigenvalue weighted by molar-refractivity contribution is 7.89. The molecular weight excluding hydrogens is 505 g/mol. The number of halogens is 2. The topological polar surface area (TPSA) is 148 Å². The first-order valence-corrected chi connectivity index (χ1v) is 12.0. The Hall–Kier alpha value is -3.42. The Labute approximate surface area is 204 Å². The fourth-order valence-electron chi connectivity index (χ4n) is 3.77. The summed E-state index contributed by atoms with van der Waals surface area (Å²) in [6, 6.07) is 4.75. The van der Waals surface area contributed by atoms with Crippen molar-refractivity contribution in [2.75, 3.05) is 51.0 Å². The number of aromatic nitrogens is 2. The number of fused-ring (bicyclic) bond motifs is 1. The number of hydrogen-bond donors (Lipinski definition) is 2. The van der Waals surface area contributed by atoms with Crippen LogP contribution in [0.1, 0.15) is 10.4 Å². The number of hydrogen-bond acceptors (Lipinski definition) is 9. The lowest BCUT2D eigenvalue weighted by atomic mass is 10.2. The van der Waals surface area contributed by atoms with Crippen LogP contribution in [0, 0.1) is 5.82 Å². The molecule has 1 aliphatic heterocycles. The lowest BCUT2D eigenvalue weighted by molar-refractivity contribution is 0.0696. The Morgan fingerprint density at radius 3 is 2.31 bits per heavy atom. The molecule has 0 unspecified atom stereocenters. The second kappa shape index (κ2) is 9.32. The number of ether oxygens (including phenoxy) is 2. The number of carboxylic acids is 1. The highest BCUT2D eigenvalue weighted by atomic mass is 35.5. The summed E-state index contributed by atoms with van der Waals surface area (Å²) < 4.78 is 52.2. The third-order valence-corrected chi connectivity index (χ3v) is 7.84. The van der Waals surface area contributed by atoms with Crippen molar-refractivity contribution in [3.63, 3.8) is 0 Å². The Bertz CT molecular complexity index is 1430. The molecule has 0 radical (unpaired) electrons. The second-order valence-corrected chi connectivity index (χ2v) is 9.91. The van der Waals surface area contributed by atoms with Gasteiger partial charge in [0.05, 0.1) is 30.3 Å². The SMILES string of the molecule is COc1cc2nc(N3CCN(S(=O)(=O)c4cc(C(=O)O)c(Cl)cc4F)CC3)nc(N)c2cc1OC. The van der Waals surface area contributed by atoms with Gasteiger partial charge in [-0.2, -0.15) is 9.29 Å². The van der Waals surface area contributed by atoms with Crippen molar-refractivity contribution >= 4 is 50.3 Å². The third-order valence-electron chi connectivity index (χ3n) is 5.61. The fraction of sp³-hybridized carbons (Fsp3) is 0.286. The average Bonchev–Trinajstić information content (AvgIpc) is 2.82. The predicted molar refractivity (Wildman–Crippen MR) is 126 cm³/mol. The van der Waals surface area contributed by atoms with E-state index in [-0.39, 0.29) is 37.0 Å². The zero-order chi connectivity index (χ0) is 25.5. The molecule has 14 heteroatoms. The smallest absolute Gasteiger partial charge is 0.337 e. The summed E-state index contributed by atoms with van der Waals surface area (Å²) in [5.41, 5.74) is 6.15. The Morgan fingerprint density at radius 1 is 1.09 bits per heavy atom. The van der Waals surface area contributed by atoms with E-state index in [9.17, 15) is 22.7 Å². The molecule has 1 aliphatic rings. The summed E-state index contributed by atoms with van der Waals surface area (Å²) in [4.78, 5) is 21.2. The van der Waals surface area contributed by atoms with Gasteiger partial charge in [0.1, 0.15) is 16.5 Å². The zero-order valence-corrected chi connectivity index (χ0v) is 20.2. The molecule has 3 N–H and O–H groups in total. The number of nitrogen functional groups attached to an aromatic ring is 1. The van der Waals surface area contributed by atoms with Gasteiger partial charge in [-0.15, -0.1) is 0 Å². The van der Waals surface area contributed by atoms with E-state index in [1.807, 2.05) is 0 Å². The summed E-state index contributed by atoms with van der Waals surface area (Å²) >= 11 is 5.73. The van der Waals surface area contributed by atoms with Gasteiger partial charge >= 0.3 is 5.97 Å². The molecule has 1 aromatic heterocycles. The second-order valence-electron chi connectivity index (χ2n) is 7.59. The standard InChI is InChI=1S/C21H21ClFN5O6S/c1-33-16-7-12-15(10-17(16)34-2)25-21(26-19(12)24)27-3-5-28(6-4-27)35(31,32)18-8-11(20(29)30)13(22)9-14(18)23/h7-10H,3-6H2,1-2H3,(H,29,30)(H2,24,25,26). The van der Waals surface area contributed by atoms with Crippen LogP contribution in [0.15, 0.2) is 29.2 Å². The maximum Gasteiger partial charge on any atom is 0.337 e. The van der Waals surface area contributed by atoms with Crippen molar-refractivity contribution in [1.82, 2.24) is 14.3 Å². The molecular formula is C21H21ClFN5O6S. The summed E-state index contributed by atoms with van der Waals surface area (Å²) in [6.45, 7) is 0.358. The maximum absolute atomic E-state index is 14.4. The number of methoxy groups -OCH3 is 2. The lowest BCUT2D eigenvalue weighted by Crippen LogP contribution is -2.49. The number of piperazine rings is 1. The number of carbonyl (C=O) groups is 1. The van der Waals surface area contributed by atoms with Crippen LogP contribution in [-0.4, -0.2) is 74.2 Å². The quantitative estimate of drug-likeness (QED) is 0.490. The minimum absolute atomic E-state index is 0.0138. The molecule has 1 saturated heterocycles. The van der Waals surface area contributed by atoms with E-state index in [1.165, 1.54) is 14.2 Å². The number of sulfonamides is 1. The van der Waals surface area contributed by atoms with Crippen molar-refractivity contribution in [3.8, 4) is 11.5 Å². The third kappa shape index (κ3) is 4.49. The molecule has 35 heavy (non-hydrogen) atoms. The van der Waals surface area contributed by atoms with E-state index in [0.717, 1.165) is 10.4 Å². The van der Waals surface area contributed by atoms with E-state index in [4.69, 9.17) is 26.8 Å². The molecule has 1 fully saturated rings. The van der Waals surface area contributed by atoms with Crippen LogP contribution in [0.25, 0.3) is 10.9 Å². The van der Waals surface area contributed by atoms with E-state index in [2.05, 4.69) is 9.97 Å². The number of carboxylic acid groups (broad SMARTS) is 1. The normalized spacial score (nSPS) is 14.8. The van der Waals surface area contributed by atoms with E-state index in [1.54, 1.807) is 17.0 Å². The summed E-state index contributed by atoms with van der Waals surface area (Å²) in [7, 11) is -1.32. The molecule has 2 aromatic carbocycles. The number of nitrogens with zero attached hydrogens (tertiary/aromatic N) is 4. The molecule has 0 bridgehead atoms.